The van der Waals surface area contributed by atoms with E-state index in [-0.39, 0.29) is 31.1 Å². The smallest absolute Gasteiger partial charge is 0.306 e. The van der Waals surface area contributed by atoms with Crippen molar-refractivity contribution in [1.82, 2.24) is 0 Å². The van der Waals surface area contributed by atoms with Crippen molar-refractivity contribution in [1.29, 1.82) is 0 Å². The fraction of sp³-hybridized carbons (Fsp3) is 0.766. The maximum absolute atomic E-state index is 12.9. The monoisotopic (exact) mass is 977 g/mol. The van der Waals surface area contributed by atoms with Crippen molar-refractivity contribution in [3.63, 3.8) is 0 Å². The molecule has 0 bridgehead atoms. The largest absolute Gasteiger partial charge is 0.462 e. The Morgan fingerprint density at radius 3 is 0.871 bits per heavy atom. The Labute approximate surface area is 433 Å². The lowest BCUT2D eigenvalue weighted by Gasteiger charge is -2.18. The number of rotatable bonds is 54. The van der Waals surface area contributed by atoms with Crippen LogP contribution in [0, 0.1) is 0 Å². The maximum Gasteiger partial charge on any atom is 0.306 e. The molecule has 70 heavy (non-hydrogen) atoms. The van der Waals surface area contributed by atoms with Gasteiger partial charge in [-0.25, -0.2) is 0 Å². The molecule has 0 aliphatic carbocycles. The molecule has 0 aromatic carbocycles. The van der Waals surface area contributed by atoms with Crippen LogP contribution in [0.4, 0.5) is 0 Å². The van der Waals surface area contributed by atoms with Gasteiger partial charge in [0.15, 0.2) is 6.10 Å². The summed E-state index contributed by atoms with van der Waals surface area (Å²) in [7, 11) is 0. The zero-order valence-corrected chi connectivity index (χ0v) is 46.3. The highest BCUT2D eigenvalue weighted by molar-refractivity contribution is 5.71. The van der Waals surface area contributed by atoms with Gasteiger partial charge >= 0.3 is 17.9 Å². The van der Waals surface area contributed by atoms with Gasteiger partial charge in [0.25, 0.3) is 0 Å². The first kappa shape index (κ1) is 66.9. The molecule has 0 aromatic rings. The number of carbonyl (C=O) groups is 3. The fourth-order valence-electron chi connectivity index (χ4n) is 8.51. The van der Waals surface area contributed by atoms with Crippen LogP contribution in [0.25, 0.3) is 0 Å². The Kier molecular flexibility index (Phi) is 55.8. The van der Waals surface area contributed by atoms with Gasteiger partial charge in [-0.05, 0) is 70.6 Å². The summed E-state index contributed by atoms with van der Waals surface area (Å²) in [6.45, 7) is 6.54. The van der Waals surface area contributed by atoms with Gasteiger partial charge in [0.1, 0.15) is 13.2 Å². The highest BCUT2D eigenvalue weighted by Crippen LogP contribution is 2.16. The van der Waals surface area contributed by atoms with Gasteiger partial charge < -0.3 is 14.2 Å². The average molecular weight is 978 g/mol. The van der Waals surface area contributed by atoms with Crippen LogP contribution in [0.1, 0.15) is 297 Å². The normalized spacial score (nSPS) is 12.6. The number of hydrogen-bond acceptors (Lipinski definition) is 6. The van der Waals surface area contributed by atoms with Crippen LogP contribution in [0.3, 0.4) is 0 Å². The van der Waals surface area contributed by atoms with Crippen LogP contribution < -0.4 is 0 Å². The summed E-state index contributed by atoms with van der Waals surface area (Å²) < 4.78 is 16.9. The molecule has 404 valence electrons. The summed E-state index contributed by atoms with van der Waals surface area (Å²) in [5.41, 5.74) is 0. The van der Waals surface area contributed by atoms with Crippen molar-refractivity contribution in [2.24, 2.45) is 0 Å². The molecular weight excluding hydrogens is 865 g/mol. The molecule has 0 saturated carbocycles. The molecule has 0 saturated heterocycles. The third kappa shape index (κ3) is 55.8. The molecule has 0 N–H and O–H groups in total. The van der Waals surface area contributed by atoms with Crippen LogP contribution in [0.5, 0.6) is 0 Å². The Morgan fingerprint density at radius 2 is 0.557 bits per heavy atom. The summed E-state index contributed by atoms with van der Waals surface area (Å²) in [6.07, 6.45) is 74.6. The SMILES string of the molecule is CC/C=C\C/C=C\C/C=C\C/C=C\C/C=C\C/C=C\CCCCCCC(=O)OCC(COC(=O)CCCCCCCCCCCCCCC)OC(=O)CCCCCCCCCCCCCCCCCC. The predicted molar refractivity (Wildman–Crippen MR) is 302 cm³/mol. The molecule has 1 unspecified atom stereocenters. The summed E-state index contributed by atoms with van der Waals surface area (Å²) >= 11 is 0. The van der Waals surface area contributed by atoms with Crippen LogP contribution in [-0.4, -0.2) is 37.2 Å². The lowest BCUT2D eigenvalue weighted by atomic mass is 10.0. The predicted octanol–water partition coefficient (Wildman–Crippen LogP) is 20.2. The van der Waals surface area contributed by atoms with Gasteiger partial charge in [-0.3, -0.25) is 14.4 Å². The summed E-state index contributed by atoms with van der Waals surface area (Å²) in [5.74, 6) is -0.891. The second kappa shape index (κ2) is 58.4. The number of hydrogen-bond donors (Lipinski definition) is 0. The molecule has 1 atom stereocenters. The van der Waals surface area contributed by atoms with E-state index in [1.807, 2.05) is 0 Å². The molecule has 0 heterocycles. The van der Waals surface area contributed by atoms with E-state index in [0.717, 1.165) is 109 Å². The van der Waals surface area contributed by atoms with Crippen LogP contribution >= 0.6 is 0 Å². The van der Waals surface area contributed by atoms with Gasteiger partial charge in [-0.2, -0.15) is 0 Å². The lowest BCUT2D eigenvalue weighted by molar-refractivity contribution is -0.167. The minimum atomic E-state index is -0.783. The van der Waals surface area contributed by atoms with Crippen molar-refractivity contribution in [2.75, 3.05) is 13.2 Å². The van der Waals surface area contributed by atoms with Crippen molar-refractivity contribution in [3.8, 4) is 0 Å². The topological polar surface area (TPSA) is 78.9 Å². The molecule has 6 heteroatoms. The standard InChI is InChI=1S/C64H112O6/c1-4-7-10-13-16-19-22-25-27-29-30-31-32-33-34-35-37-39-42-45-48-51-54-57-63(66)69-60-61(59-68-62(65)56-53-50-47-44-41-38-24-21-18-15-12-9-6-3)70-64(67)58-55-52-49-46-43-40-36-28-26-23-20-17-14-11-8-5-2/h7,10,16,19,25,27,30-31,33-34,37,39,61H,4-6,8-9,11-15,17-18,20-24,26,28-29,32,35-36,38,40-60H2,1-3H3/b10-7-,19-16-,27-25-,31-30-,34-33-,39-37-. The van der Waals surface area contributed by atoms with E-state index in [4.69, 9.17) is 14.2 Å². The Hall–Kier alpha value is -3.15. The maximum atomic E-state index is 12.9. The Bertz CT molecular complexity index is 1310. The minimum Gasteiger partial charge on any atom is -0.462 e. The molecular formula is C64H112O6. The van der Waals surface area contributed by atoms with E-state index in [2.05, 4.69) is 93.7 Å². The molecule has 6 nitrogen and oxygen atoms in total. The molecule has 0 rings (SSSR count). The van der Waals surface area contributed by atoms with Gasteiger partial charge in [-0.1, -0.05) is 280 Å². The number of esters is 3. The van der Waals surface area contributed by atoms with Crippen LogP contribution in [0.15, 0.2) is 72.9 Å². The van der Waals surface area contributed by atoms with Gasteiger partial charge in [0, 0.05) is 19.3 Å². The second-order valence-corrected chi connectivity index (χ2v) is 19.9. The summed E-state index contributed by atoms with van der Waals surface area (Å²) in [4.78, 5) is 38.2. The Balaban J connectivity index is 4.38. The third-order valence-electron chi connectivity index (χ3n) is 13.0. The van der Waals surface area contributed by atoms with Crippen LogP contribution in [-0.2, 0) is 28.6 Å². The molecule has 0 aromatic heterocycles. The number of allylic oxidation sites excluding steroid dienone is 12. The summed E-state index contributed by atoms with van der Waals surface area (Å²) in [6, 6.07) is 0. The molecule has 0 spiro atoms. The minimum absolute atomic E-state index is 0.0795. The van der Waals surface area contributed by atoms with E-state index in [0.29, 0.717) is 19.3 Å². The zero-order chi connectivity index (χ0) is 50.7. The lowest BCUT2D eigenvalue weighted by Crippen LogP contribution is -2.30. The Morgan fingerprint density at radius 1 is 0.300 bits per heavy atom. The first-order chi connectivity index (χ1) is 34.5. The number of ether oxygens (including phenoxy) is 3. The first-order valence-electron chi connectivity index (χ1n) is 29.9. The summed E-state index contributed by atoms with van der Waals surface area (Å²) in [5, 5.41) is 0. The van der Waals surface area contributed by atoms with Crippen LogP contribution in [0.2, 0.25) is 0 Å². The van der Waals surface area contributed by atoms with Gasteiger partial charge in [0.05, 0.1) is 0 Å². The first-order valence-corrected chi connectivity index (χ1v) is 29.9. The van der Waals surface area contributed by atoms with E-state index in [1.54, 1.807) is 0 Å². The third-order valence-corrected chi connectivity index (χ3v) is 13.0. The van der Waals surface area contributed by atoms with Crippen molar-refractivity contribution in [3.05, 3.63) is 72.9 Å². The molecule has 0 radical (unpaired) electrons. The van der Waals surface area contributed by atoms with E-state index in [1.165, 1.54) is 148 Å². The van der Waals surface area contributed by atoms with Crippen molar-refractivity contribution < 1.29 is 28.6 Å². The molecule has 0 aliphatic heterocycles. The van der Waals surface area contributed by atoms with Crippen molar-refractivity contribution >= 4 is 17.9 Å². The van der Waals surface area contributed by atoms with E-state index < -0.39 is 6.10 Å². The highest BCUT2D eigenvalue weighted by Gasteiger charge is 2.19. The average Bonchev–Trinajstić information content (AvgIpc) is 3.36. The molecule has 0 amide bonds. The zero-order valence-electron chi connectivity index (χ0n) is 46.3. The second-order valence-electron chi connectivity index (χ2n) is 19.9. The van der Waals surface area contributed by atoms with E-state index >= 15 is 0 Å². The number of unbranched alkanes of at least 4 members (excludes halogenated alkanes) is 31. The molecule has 0 aliphatic rings. The quantitative estimate of drug-likeness (QED) is 0.0261. The fourth-order valence-corrected chi connectivity index (χ4v) is 8.51. The number of carbonyl (C=O) groups excluding carboxylic acids is 3. The van der Waals surface area contributed by atoms with Gasteiger partial charge in [0.2, 0.25) is 0 Å². The van der Waals surface area contributed by atoms with Gasteiger partial charge in [-0.15, -0.1) is 0 Å². The van der Waals surface area contributed by atoms with Crippen molar-refractivity contribution in [2.45, 2.75) is 303 Å². The van der Waals surface area contributed by atoms with E-state index in [9.17, 15) is 14.4 Å². The molecule has 0 fully saturated rings. The highest BCUT2D eigenvalue weighted by atomic mass is 16.6.